The van der Waals surface area contributed by atoms with Crippen LogP contribution >= 0.6 is 0 Å². The predicted octanol–water partition coefficient (Wildman–Crippen LogP) is 3.97. The molecule has 0 spiro atoms. The Bertz CT molecular complexity index is 395. The Morgan fingerprint density at radius 1 is 1.20 bits per heavy atom. The lowest BCUT2D eigenvalue weighted by molar-refractivity contribution is 0.0934. The maximum absolute atomic E-state index is 5.45. The molecule has 0 saturated carbocycles. The first kappa shape index (κ1) is 17.2. The van der Waals surface area contributed by atoms with Crippen molar-refractivity contribution in [2.75, 3.05) is 13.7 Å². The molecule has 0 radical (unpaired) electrons. The van der Waals surface area contributed by atoms with Gasteiger partial charge in [0.25, 0.3) is 0 Å². The highest BCUT2D eigenvalue weighted by molar-refractivity contribution is 5.26. The van der Waals surface area contributed by atoms with Crippen LogP contribution in [-0.2, 0) is 11.2 Å². The van der Waals surface area contributed by atoms with Crippen LogP contribution in [0.4, 0.5) is 0 Å². The summed E-state index contributed by atoms with van der Waals surface area (Å²) in [6, 6.07) is 8.69. The number of methoxy groups -OCH3 is 1. The second-order valence-electron chi connectivity index (χ2n) is 6.91. The van der Waals surface area contributed by atoms with Gasteiger partial charge < -0.3 is 10.1 Å². The molecule has 0 aliphatic heterocycles. The van der Waals surface area contributed by atoms with Gasteiger partial charge in [0.15, 0.2) is 0 Å². The average Bonchev–Trinajstić information content (AvgIpc) is 2.37. The van der Waals surface area contributed by atoms with Gasteiger partial charge in [0.05, 0.1) is 6.10 Å². The lowest BCUT2D eigenvalue weighted by atomic mass is 9.91. The molecule has 2 heteroatoms. The van der Waals surface area contributed by atoms with Gasteiger partial charge >= 0.3 is 0 Å². The summed E-state index contributed by atoms with van der Waals surface area (Å²) in [6.45, 7) is 12.0. The van der Waals surface area contributed by atoms with Gasteiger partial charge in [-0.2, -0.15) is 0 Å². The van der Waals surface area contributed by atoms with Gasteiger partial charge in [0, 0.05) is 12.6 Å². The summed E-state index contributed by atoms with van der Waals surface area (Å²) in [5.41, 5.74) is 3.01. The minimum Gasteiger partial charge on any atom is -0.382 e. The van der Waals surface area contributed by atoms with Crippen molar-refractivity contribution >= 4 is 0 Å². The van der Waals surface area contributed by atoms with Crippen LogP contribution in [0.1, 0.15) is 45.2 Å². The van der Waals surface area contributed by atoms with E-state index in [9.17, 15) is 0 Å². The third-order valence-electron chi connectivity index (χ3n) is 3.76. The number of ether oxygens (including phenoxy) is 1. The van der Waals surface area contributed by atoms with Crippen molar-refractivity contribution in [3.8, 4) is 0 Å². The zero-order valence-electron chi connectivity index (χ0n) is 14.0. The van der Waals surface area contributed by atoms with Gasteiger partial charge in [-0.25, -0.2) is 0 Å². The molecule has 0 heterocycles. The topological polar surface area (TPSA) is 21.3 Å². The third kappa shape index (κ3) is 6.53. The van der Waals surface area contributed by atoms with Gasteiger partial charge in [-0.05, 0) is 71.0 Å². The number of rotatable bonds is 7. The summed E-state index contributed by atoms with van der Waals surface area (Å²) in [5, 5.41) is 3.64. The molecule has 1 aromatic rings. The minimum absolute atomic E-state index is 0.167. The molecule has 0 saturated heterocycles. The summed E-state index contributed by atoms with van der Waals surface area (Å²) in [7, 11) is 1.80. The normalized spacial score (nSPS) is 15.1. The highest BCUT2D eigenvalue weighted by Crippen LogP contribution is 2.18. The fourth-order valence-electron chi connectivity index (χ4n) is 2.41. The number of hydrogen-bond donors (Lipinski definition) is 1. The van der Waals surface area contributed by atoms with E-state index in [-0.39, 0.29) is 5.54 Å². The molecule has 2 unspecified atom stereocenters. The van der Waals surface area contributed by atoms with Crippen LogP contribution in [0.2, 0.25) is 0 Å². The van der Waals surface area contributed by atoms with Gasteiger partial charge in [0.2, 0.25) is 0 Å². The molecule has 0 aliphatic carbocycles. The predicted molar refractivity (Wildman–Crippen MR) is 87.2 cm³/mol. The summed E-state index contributed by atoms with van der Waals surface area (Å²) >= 11 is 0. The van der Waals surface area contributed by atoms with Crippen LogP contribution < -0.4 is 5.32 Å². The maximum atomic E-state index is 5.45. The molecule has 1 aromatic carbocycles. The zero-order chi connectivity index (χ0) is 15.2. The van der Waals surface area contributed by atoms with Crippen molar-refractivity contribution in [2.24, 2.45) is 5.92 Å². The summed E-state index contributed by atoms with van der Waals surface area (Å²) in [5.74, 6) is 0.602. The van der Waals surface area contributed by atoms with Crippen molar-refractivity contribution < 1.29 is 4.74 Å². The molecule has 2 atom stereocenters. The first-order valence-corrected chi connectivity index (χ1v) is 7.64. The van der Waals surface area contributed by atoms with Gasteiger partial charge in [-0.15, -0.1) is 0 Å². The molecule has 0 aromatic heterocycles. The van der Waals surface area contributed by atoms with Crippen LogP contribution in [0, 0.1) is 12.8 Å². The van der Waals surface area contributed by atoms with Crippen LogP contribution in [-0.4, -0.2) is 25.3 Å². The van der Waals surface area contributed by atoms with Gasteiger partial charge in [0.1, 0.15) is 0 Å². The minimum atomic E-state index is 0.167. The maximum Gasteiger partial charge on any atom is 0.0546 e. The molecule has 114 valence electrons. The van der Waals surface area contributed by atoms with Crippen LogP contribution in [0.25, 0.3) is 0 Å². The summed E-state index contributed by atoms with van der Waals surface area (Å²) in [4.78, 5) is 0. The van der Waals surface area contributed by atoms with Crippen molar-refractivity contribution in [2.45, 2.75) is 59.1 Å². The van der Waals surface area contributed by atoms with Gasteiger partial charge in [-0.1, -0.05) is 24.3 Å². The van der Waals surface area contributed by atoms with Crippen molar-refractivity contribution in [1.29, 1.82) is 0 Å². The first-order chi connectivity index (χ1) is 9.31. The van der Waals surface area contributed by atoms with E-state index in [1.807, 2.05) is 0 Å². The fourth-order valence-corrected chi connectivity index (χ4v) is 2.41. The largest absolute Gasteiger partial charge is 0.382 e. The van der Waals surface area contributed by atoms with E-state index in [2.05, 4.69) is 64.2 Å². The standard InChI is InChI=1S/C18H31NO/c1-14-9-7-8-10-17(14)12-16(11-15(2)20-6)13-19-18(3,4)5/h7-10,15-16,19H,11-13H2,1-6H3. The lowest BCUT2D eigenvalue weighted by Gasteiger charge is -2.27. The number of aryl methyl sites for hydroxylation is 1. The zero-order valence-corrected chi connectivity index (χ0v) is 14.0. The molecule has 1 rings (SSSR count). The van der Waals surface area contributed by atoms with E-state index in [0.29, 0.717) is 12.0 Å². The molecule has 2 nitrogen and oxygen atoms in total. The monoisotopic (exact) mass is 277 g/mol. The Balaban J connectivity index is 2.69. The molecule has 1 N–H and O–H groups in total. The smallest absolute Gasteiger partial charge is 0.0546 e. The Kier molecular flexibility index (Phi) is 6.70. The van der Waals surface area contributed by atoms with E-state index in [1.165, 1.54) is 11.1 Å². The lowest BCUT2D eigenvalue weighted by Crippen LogP contribution is -2.40. The van der Waals surface area contributed by atoms with E-state index >= 15 is 0 Å². The van der Waals surface area contributed by atoms with E-state index < -0.39 is 0 Å². The van der Waals surface area contributed by atoms with Gasteiger partial charge in [-0.3, -0.25) is 0 Å². The summed E-state index contributed by atoms with van der Waals surface area (Å²) in [6.07, 6.45) is 2.52. The highest BCUT2D eigenvalue weighted by Gasteiger charge is 2.17. The molecule has 0 amide bonds. The van der Waals surface area contributed by atoms with Crippen molar-refractivity contribution in [3.63, 3.8) is 0 Å². The molecule has 0 fully saturated rings. The Labute approximate surface area is 124 Å². The van der Waals surface area contributed by atoms with Crippen LogP contribution in [0.5, 0.6) is 0 Å². The molecular weight excluding hydrogens is 246 g/mol. The summed E-state index contributed by atoms with van der Waals surface area (Å²) < 4.78 is 5.45. The average molecular weight is 277 g/mol. The molecule has 0 bridgehead atoms. The number of benzene rings is 1. The quantitative estimate of drug-likeness (QED) is 0.814. The van der Waals surface area contributed by atoms with E-state index in [4.69, 9.17) is 4.74 Å². The molecular formula is C18H31NO. The molecule has 20 heavy (non-hydrogen) atoms. The Morgan fingerprint density at radius 3 is 2.40 bits per heavy atom. The van der Waals surface area contributed by atoms with Crippen LogP contribution in [0.15, 0.2) is 24.3 Å². The van der Waals surface area contributed by atoms with Crippen molar-refractivity contribution in [3.05, 3.63) is 35.4 Å². The SMILES string of the molecule is COC(C)CC(CNC(C)(C)C)Cc1ccccc1C. The van der Waals surface area contributed by atoms with Crippen LogP contribution in [0.3, 0.4) is 0 Å². The van der Waals surface area contributed by atoms with Crippen molar-refractivity contribution in [1.82, 2.24) is 5.32 Å². The molecule has 0 aliphatic rings. The third-order valence-corrected chi connectivity index (χ3v) is 3.76. The Hall–Kier alpha value is -0.860. The van der Waals surface area contributed by atoms with E-state index in [1.54, 1.807) is 7.11 Å². The fraction of sp³-hybridized carbons (Fsp3) is 0.667. The number of nitrogens with one attached hydrogen (secondary N) is 1. The highest BCUT2D eigenvalue weighted by atomic mass is 16.5. The second kappa shape index (κ2) is 7.80. The van der Waals surface area contributed by atoms with E-state index in [0.717, 1.165) is 19.4 Å². The first-order valence-electron chi connectivity index (χ1n) is 7.64. The Morgan fingerprint density at radius 2 is 1.85 bits per heavy atom. The number of hydrogen-bond acceptors (Lipinski definition) is 2. The second-order valence-corrected chi connectivity index (χ2v) is 6.91.